The van der Waals surface area contributed by atoms with Crippen LogP contribution in [0.2, 0.25) is 0 Å². The molecule has 0 atom stereocenters. The van der Waals surface area contributed by atoms with E-state index in [-0.39, 0.29) is 18.5 Å². The van der Waals surface area contributed by atoms with Crippen LogP contribution >= 0.6 is 0 Å². The summed E-state index contributed by atoms with van der Waals surface area (Å²) in [5, 5.41) is 0. The Morgan fingerprint density at radius 1 is 0.667 bits per heavy atom. The molecule has 0 aliphatic rings. The topological polar surface area (TPSA) is 18.5 Å². The first-order valence-corrected chi connectivity index (χ1v) is 7.87. The molecular formula is C16H34O2. The van der Waals surface area contributed by atoms with Gasteiger partial charge < -0.3 is 9.47 Å². The third-order valence-electron chi connectivity index (χ3n) is 2.89. The molecule has 0 amide bonds. The summed E-state index contributed by atoms with van der Waals surface area (Å²) >= 11 is 0. The monoisotopic (exact) mass is 258 g/mol. The van der Waals surface area contributed by atoms with Crippen molar-refractivity contribution in [3.63, 3.8) is 0 Å². The molecule has 2 nitrogen and oxygen atoms in total. The highest BCUT2D eigenvalue weighted by Gasteiger charge is 2.12. The van der Waals surface area contributed by atoms with E-state index in [4.69, 9.17) is 9.47 Å². The maximum Gasteiger partial charge on any atom is 0.158 e. The lowest BCUT2D eigenvalue weighted by Crippen LogP contribution is -2.24. The van der Waals surface area contributed by atoms with Gasteiger partial charge in [-0.2, -0.15) is 0 Å². The smallest absolute Gasteiger partial charge is 0.158 e. The zero-order chi connectivity index (χ0) is 13.8. The minimum atomic E-state index is -0.0133. The van der Waals surface area contributed by atoms with E-state index >= 15 is 0 Å². The van der Waals surface area contributed by atoms with Crippen molar-refractivity contribution in [3.8, 4) is 0 Å². The number of hydrogen-bond acceptors (Lipinski definition) is 2. The largest absolute Gasteiger partial charge is 0.350 e. The van der Waals surface area contributed by atoms with Gasteiger partial charge in [0.25, 0.3) is 0 Å². The number of ether oxygens (including phenoxy) is 2. The van der Waals surface area contributed by atoms with Gasteiger partial charge in [0.2, 0.25) is 0 Å². The number of hydrogen-bond donors (Lipinski definition) is 0. The number of rotatable bonds is 12. The molecule has 110 valence electrons. The van der Waals surface area contributed by atoms with Crippen molar-refractivity contribution in [2.24, 2.45) is 0 Å². The Bertz CT molecular complexity index is 156. The molecule has 2 heteroatoms. The Morgan fingerprint density at radius 3 is 1.56 bits per heavy atom. The summed E-state index contributed by atoms with van der Waals surface area (Å²) in [4.78, 5) is 0. The lowest BCUT2D eigenvalue weighted by Gasteiger charge is -2.23. The SMILES string of the molecule is CCCCCCCCCC(OC(C)C)OC(C)C. The summed E-state index contributed by atoms with van der Waals surface area (Å²) in [6, 6.07) is 0. The summed E-state index contributed by atoms with van der Waals surface area (Å²) in [6.45, 7) is 10.5. The molecule has 0 radical (unpaired) electrons. The first kappa shape index (κ1) is 17.9. The van der Waals surface area contributed by atoms with Crippen LogP contribution < -0.4 is 0 Å². The highest BCUT2D eigenvalue weighted by atomic mass is 16.7. The molecule has 0 N–H and O–H groups in total. The molecular weight excluding hydrogens is 224 g/mol. The third-order valence-corrected chi connectivity index (χ3v) is 2.89. The van der Waals surface area contributed by atoms with Gasteiger partial charge in [0.1, 0.15) is 0 Å². The van der Waals surface area contributed by atoms with Crippen LogP contribution in [0.4, 0.5) is 0 Å². The normalized spacial score (nSPS) is 12.0. The molecule has 0 aromatic carbocycles. The van der Waals surface area contributed by atoms with E-state index in [1.165, 1.54) is 44.9 Å². The molecule has 0 heterocycles. The van der Waals surface area contributed by atoms with Crippen molar-refractivity contribution in [1.29, 1.82) is 0 Å². The highest BCUT2D eigenvalue weighted by molar-refractivity contribution is 4.53. The van der Waals surface area contributed by atoms with Crippen molar-refractivity contribution in [2.75, 3.05) is 0 Å². The molecule has 0 aliphatic heterocycles. The maximum atomic E-state index is 5.78. The quantitative estimate of drug-likeness (QED) is 0.349. The lowest BCUT2D eigenvalue weighted by atomic mass is 10.1. The van der Waals surface area contributed by atoms with Crippen LogP contribution in [-0.4, -0.2) is 18.5 Å². The molecule has 18 heavy (non-hydrogen) atoms. The molecule has 0 spiro atoms. The summed E-state index contributed by atoms with van der Waals surface area (Å²) in [7, 11) is 0. The van der Waals surface area contributed by atoms with Gasteiger partial charge in [0.05, 0.1) is 12.2 Å². The Balaban J connectivity index is 3.56. The fourth-order valence-corrected chi connectivity index (χ4v) is 2.04. The summed E-state index contributed by atoms with van der Waals surface area (Å²) in [5.74, 6) is 0. The molecule has 0 rings (SSSR count). The minimum Gasteiger partial charge on any atom is -0.350 e. The lowest BCUT2D eigenvalue weighted by molar-refractivity contribution is -0.184. The molecule has 0 saturated heterocycles. The second-order valence-electron chi connectivity index (χ2n) is 5.71. The maximum absolute atomic E-state index is 5.78. The first-order valence-electron chi connectivity index (χ1n) is 7.87. The van der Waals surface area contributed by atoms with Gasteiger partial charge in [0.15, 0.2) is 6.29 Å². The molecule has 0 aromatic heterocycles. The fraction of sp³-hybridized carbons (Fsp3) is 1.00. The van der Waals surface area contributed by atoms with Crippen LogP contribution in [0.25, 0.3) is 0 Å². The van der Waals surface area contributed by atoms with Gasteiger partial charge in [-0.15, -0.1) is 0 Å². The van der Waals surface area contributed by atoms with Crippen LogP contribution in [0, 0.1) is 0 Å². The van der Waals surface area contributed by atoms with Gasteiger partial charge in [-0.1, -0.05) is 45.4 Å². The van der Waals surface area contributed by atoms with Crippen molar-refractivity contribution < 1.29 is 9.47 Å². The summed E-state index contributed by atoms with van der Waals surface area (Å²) in [5.41, 5.74) is 0. The average molecular weight is 258 g/mol. The van der Waals surface area contributed by atoms with Gasteiger partial charge in [-0.25, -0.2) is 0 Å². The Labute approximate surface area is 114 Å². The molecule has 0 unspecified atom stereocenters. The van der Waals surface area contributed by atoms with E-state index in [0.717, 1.165) is 6.42 Å². The first-order chi connectivity index (χ1) is 8.56. The van der Waals surface area contributed by atoms with E-state index < -0.39 is 0 Å². The Hall–Kier alpha value is -0.0800. The van der Waals surface area contributed by atoms with E-state index in [1.54, 1.807) is 0 Å². The molecule has 0 aromatic rings. The van der Waals surface area contributed by atoms with Crippen molar-refractivity contribution in [3.05, 3.63) is 0 Å². The minimum absolute atomic E-state index is 0.0133. The molecule has 0 fully saturated rings. The van der Waals surface area contributed by atoms with E-state index in [0.29, 0.717) is 0 Å². The van der Waals surface area contributed by atoms with E-state index in [9.17, 15) is 0 Å². The second kappa shape index (κ2) is 12.0. The number of unbranched alkanes of at least 4 members (excludes halogenated alkanes) is 6. The zero-order valence-electron chi connectivity index (χ0n) is 13.2. The molecule has 0 aliphatic carbocycles. The van der Waals surface area contributed by atoms with E-state index in [2.05, 4.69) is 34.6 Å². The van der Waals surface area contributed by atoms with Crippen LogP contribution in [0.1, 0.15) is 86.0 Å². The Kier molecular flexibility index (Phi) is 11.9. The second-order valence-corrected chi connectivity index (χ2v) is 5.71. The predicted molar refractivity (Wildman–Crippen MR) is 78.8 cm³/mol. The standard InChI is InChI=1S/C16H34O2/c1-6-7-8-9-10-11-12-13-16(17-14(2)3)18-15(4)5/h14-16H,6-13H2,1-5H3. The van der Waals surface area contributed by atoms with Crippen molar-refractivity contribution in [2.45, 2.75) is 104 Å². The van der Waals surface area contributed by atoms with E-state index in [1.807, 2.05) is 0 Å². The van der Waals surface area contributed by atoms with Gasteiger partial charge in [-0.05, 0) is 40.5 Å². The van der Waals surface area contributed by atoms with Crippen LogP contribution in [0.3, 0.4) is 0 Å². The van der Waals surface area contributed by atoms with Crippen molar-refractivity contribution in [1.82, 2.24) is 0 Å². The Morgan fingerprint density at radius 2 is 1.11 bits per heavy atom. The van der Waals surface area contributed by atoms with Gasteiger partial charge in [-0.3, -0.25) is 0 Å². The molecule has 0 bridgehead atoms. The third kappa shape index (κ3) is 12.4. The predicted octanol–water partition coefficient (Wildman–Crippen LogP) is 5.30. The highest BCUT2D eigenvalue weighted by Crippen LogP contribution is 2.14. The van der Waals surface area contributed by atoms with Gasteiger partial charge >= 0.3 is 0 Å². The average Bonchev–Trinajstić information content (AvgIpc) is 2.26. The van der Waals surface area contributed by atoms with Crippen LogP contribution in [0.15, 0.2) is 0 Å². The van der Waals surface area contributed by atoms with Crippen molar-refractivity contribution >= 4 is 0 Å². The fourth-order valence-electron chi connectivity index (χ4n) is 2.04. The van der Waals surface area contributed by atoms with Gasteiger partial charge in [0, 0.05) is 0 Å². The molecule has 0 saturated carbocycles. The summed E-state index contributed by atoms with van der Waals surface area (Å²) in [6.07, 6.45) is 10.9. The van der Waals surface area contributed by atoms with Crippen LogP contribution in [-0.2, 0) is 9.47 Å². The van der Waals surface area contributed by atoms with Crippen LogP contribution in [0.5, 0.6) is 0 Å². The zero-order valence-corrected chi connectivity index (χ0v) is 13.2. The summed E-state index contributed by atoms with van der Waals surface area (Å²) < 4.78 is 11.6.